The van der Waals surface area contributed by atoms with Gasteiger partial charge in [-0.1, -0.05) is 20.8 Å². The van der Waals surface area contributed by atoms with Crippen LogP contribution in [-0.4, -0.2) is 57.1 Å². The fourth-order valence-corrected chi connectivity index (χ4v) is 1.96. The SMILES string of the molecule is COCCNC(=O)CN(C)C(=O)C(CN)CC(C)(C)C. The second-order valence-corrected chi connectivity index (χ2v) is 6.23. The summed E-state index contributed by atoms with van der Waals surface area (Å²) in [6.45, 7) is 7.45. The molecule has 0 fully saturated rings. The predicted octanol–water partition coefficient (Wildman–Crippen LogP) is 0.219. The molecule has 0 bridgehead atoms. The van der Waals surface area contributed by atoms with Crippen molar-refractivity contribution in [2.24, 2.45) is 17.1 Å². The number of nitrogens with zero attached hydrogens (tertiary/aromatic N) is 1. The van der Waals surface area contributed by atoms with Gasteiger partial charge in [-0.15, -0.1) is 0 Å². The zero-order chi connectivity index (χ0) is 15.8. The summed E-state index contributed by atoms with van der Waals surface area (Å²) in [6.07, 6.45) is 0.706. The number of carbonyl (C=O) groups excluding carboxylic acids is 2. The van der Waals surface area contributed by atoms with Crippen LogP contribution in [0.3, 0.4) is 0 Å². The van der Waals surface area contributed by atoms with Crippen LogP contribution in [0.15, 0.2) is 0 Å². The standard InChI is InChI=1S/C14H29N3O3/c1-14(2,3)8-11(9-15)13(19)17(4)10-12(18)16-6-7-20-5/h11H,6-10,15H2,1-5H3,(H,16,18). The highest BCUT2D eigenvalue weighted by molar-refractivity contribution is 5.85. The van der Waals surface area contributed by atoms with Crippen molar-refractivity contribution < 1.29 is 14.3 Å². The number of likely N-dealkylation sites (N-methyl/N-ethyl adjacent to an activating group) is 1. The first-order chi connectivity index (χ1) is 9.21. The van der Waals surface area contributed by atoms with E-state index in [2.05, 4.69) is 26.1 Å². The lowest BCUT2D eigenvalue weighted by atomic mass is 9.84. The van der Waals surface area contributed by atoms with E-state index in [1.54, 1.807) is 14.2 Å². The number of hydrogen-bond acceptors (Lipinski definition) is 4. The highest BCUT2D eigenvalue weighted by Crippen LogP contribution is 2.24. The molecule has 0 aliphatic heterocycles. The topological polar surface area (TPSA) is 84.7 Å². The van der Waals surface area contributed by atoms with Gasteiger partial charge < -0.3 is 20.7 Å². The van der Waals surface area contributed by atoms with E-state index in [1.807, 2.05) is 0 Å². The smallest absolute Gasteiger partial charge is 0.239 e. The molecule has 1 unspecified atom stereocenters. The molecule has 0 aliphatic rings. The van der Waals surface area contributed by atoms with Crippen molar-refractivity contribution in [3.63, 3.8) is 0 Å². The Morgan fingerprint density at radius 2 is 1.95 bits per heavy atom. The Balaban J connectivity index is 4.33. The number of hydrogen-bond donors (Lipinski definition) is 2. The predicted molar refractivity (Wildman–Crippen MR) is 79.1 cm³/mol. The first kappa shape index (κ1) is 18.9. The third-order valence-electron chi connectivity index (χ3n) is 2.88. The van der Waals surface area contributed by atoms with Gasteiger partial charge in [-0.25, -0.2) is 0 Å². The highest BCUT2D eigenvalue weighted by Gasteiger charge is 2.26. The lowest BCUT2D eigenvalue weighted by molar-refractivity contribution is -0.138. The van der Waals surface area contributed by atoms with Crippen molar-refractivity contribution in [2.75, 3.05) is 40.4 Å². The number of nitrogens with one attached hydrogen (secondary N) is 1. The van der Waals surface area contributed by atoms with Crippen molar-refractivity contribution in [1.29, 1.82) is 0 Å². The summed E-state index contributed by atoms with van der Waals surface area (Å²) < 4.78 is 4.84. The Morgan fingerprint density at radius 3 is 2.40 bits per heavy atom. The van der Waals surface area contributed by atoms with Crippen LogP contribution in [0.2, 0.25) is 0 Å². The van der Waals surface area contributed by atoms with Gasteiger partial charge in [0.1, 0.15) is 0 Å². The zero-order valence-electron chi connectivity index (χ0n) is 13.4. The van der Waals surface area contributed by atoms with E-state index in [0.717, 1.165) is 0 Å². The van der Waals surface area contributed by atoms with Gasteiger partial charge in [0, 0.05) is 27.2 Å². The van der Waals surface area contributed by atoms with Crippen LogP contribution in [-0.2, 0) is 14.3 Å². The van der Waals surface area contributed by atoms with Crippen LogP contribution in [0.1, 0.15) is 27.2 Å². The van der Waals surface area contributed by atoms with Gasteiger partial charge >= 0.3 is 0 Å². The molecule has 1 atom stereocenters. The Kier molecular flexibility index (Phi) is 8.41. The molecular weight excluding hydrogens is 258 g/mol. The van der Waals surface area contributed by atoms with Crippen molar-refractivity contribution in [2.45, 2.75) is 27.2 Å². The number of rotatable bonds is 8. The molecule has 0 rings (SSSR count). The molecule has 0 heterocycles. The van der Waals surface area contributed by atoms with Crippen LogP contribution in [0, 0.1) is 11.3 Å². The zero-order valence-corrected chi connectivity index (χ0v) is 13.4. The van der Waals surface area contributed by atoms with Gasteiger partial charge in [0.15, 0.2) is 0 Å². The Hall–Kier alpha value is -1.14. The van der Waals surface area contributed by atoms with Crippen LogP contribution in [0.5, 0.6) is 0 Å². The second-order valence-electron chi connectivity index (χ2n) is 6.23. The average molecular weight is 287 g/mol. The molecule has 0 aliphatic carbocycles. The van der Waals surface area contributed by atoms with Crippen LogP contribution in [0.4, 0.5) is 0 Å². The van der Waals surface area contributed by atoms with Crippen LogP contribution >= 0.6 is 0 Å². The van der Waals surface area contributed by atoms with Crippen molar-refractivity contribution in [3.8, 4) is 0 Å². The lowest BCUT2D eigenvalue weighted by Crippen LogP contribution is -2.44. The van der Waals surface area contributed by atoms with Crippen LogP contribution < -0.4 is 11.1 Å². The van der Waals surface area contributed by atoms with Gasteiger partial charge in [-0.2, -0.15) is 0 Å². The summed E-state index contributed by atoms with van der Waals surface area (Å²) in [5.74, 6) is -0.513. The van der Waals surface area contributed by atoms with E-state index in [1.165, 1.54) is 4.90 Å². The summed E-state index contributed by atoms with van der Waals surface area (Å²) in [4.78, 5) is 25.3. The number of methoxy groups -OCH3 is 1. The van der Waals surface area contributed by atoms with E-state index in [-0.39, 0.29) is 29.7 Å². The maximum Gasteiger partial charge on any atom is 0.239 e. The first-order valence-electron chi connectivity index (χ1n) is 6.92. The number of ether oxygens (including phenoxy) is 1. The summed E-state index contributed by atoms with van der Waals surface area (Å²) in [5, 5.41) is 2.69. The van der Waals surface area contributed by atoms with E-state index in [4.69, 9.17) is 10.5 Å². The minimum atomic E-state index is -0.244. The molecule has 0 aromatic carbocycles. The van der Waals surface area contributed by atoms with E-state index in [9.17, 15) is 9.59 Å². The van der Waals surface area contributed by atoms with Gasteiger partial charge in [-0.05, 0) is 11.8 Å². The van der Waals surface area contributed by atoms with E-state index >= 15 is 0 Å². The Labute approximate surface area is 122 Å². The molecule has 0 aromatic rings. The fraction of sp³-hybridized carbons (Fsp3) is 0.857. The summed E-state index contributed by atoms with van der Waals surface area (Å²) >= 11 is 0. The maximum atomic E-state index is 12.3. The largest absolute Gasteiger partial charge is 0.383 e. The van der Waals surface area contributed by atoms with Gasteiger partial charge in [0.2, 0.25) is 11.8 Å². The quantitative estimate of drug-likeness (QED) is 0.625. The summed E-state index contributed by atoms with van der Waals surface area (Å²) in [7, 11) is 3.20. The average Bonchev–Trinajstić information content (AvgIpc) is 2.34. The fourth-order valence-electron chi connectivity index (χ4n) is 1.96. The molecular formula is C14H29N3O3. The van der Waals surface area contributed by atoms with Gasteiger partial charge in [0.05, 0.1) is 19.1 Å². The summed E-state index contributed by atoms with van der Waals surface area (Å²) in [6, 6.07) is 0. The number of nitrogens with two attached hydrogens (primary N) is 1. The molecule has 2 amide bonds. The van der Waals surface area contributed by atoms with E-state index < -0.39 is 0 Å². The molecule has 6 nitrogen and oxygen atoms in total. The number of amides is 2. The molecule has 0 saturated carbocycles. The first-order valence-corrected chi connectivity index (χ1v) is 6.92. The molecule has 6 heteroatoms. The molecule has 118 valence electrons. The van der Waals surface area contributed by atoms with Crippen LogP contribution in [0.25, 0.3) is 0 Å². The molecule has 0 spiro atoms. The van der Waals surface area contributed by atoms with Crippen molar-refractivity contribution >= 4 is 11.8 Å². The summed E-state index contributed by atoms with van der Waals surface area (Å²) in [5.41, 5.74) is 5.71. The van der Waals surface area contributed by atoms with E-state index in [0.29, 0.717) is 26.1 Å². The third kappa shape index (κ3) is 8.12. The molecule has 0 saturated heterocycles. The minimum Gasteiger partial charge on any atom is -0.383 e. The maximum absolute atomic E-state index is 12.3. The third-order valence-corrected chi connectivity index (χ3v) is 2.88. The Bertz CT molecular complexity index is 313. The Morgan fingerprint density at radius 1 is 1.35 bits per heavy atom. The van der Waals surface area contributed by atoms with Crippen molar-refractivity contribution in [1.82, 2.24) is 10.2 Å². The van der Waals surface area contributed by atoms with Crippen molar-refractivity contribution in [3.05, 3.63) is 0 Å². The molecule has 3 N–H and O–H groups in total. The highest BCUT2D eigenvalue weighted by atomic mass is 16.5. The second kappa shape index (κ2) is 8.92. The van der Waals surface area contributed by atoms with Gasteiger partial charge in [-0.3, -0.25) is 9.59 Å². The lowest BCUT2D eigenvalue weighted by Gasteiger charge is -2.27. The van der Waals surface area contributed by atoms with Gasteiger partial charge in [0.25, 0.3) is 0 Å². The molecule has 20 heavy (non-hydrogen) atoms. The minimum absolute atomic E-state index is 0.0290. The monoisotopic (exact) mass is 287 g/mol. The molecule has 0 aromatic heterocycles. The normalized spacial score (nSPS) is 12.9. The molecule has 0 radical (unpaired) electrons. The number of carbonyl (C=O) groups is 2.